The van der Waals surface area contributed by atoms with Crippen molar-refractivity contribution in [2.75, 3.05) is 5.32 Å². The van der Waals surface area contributed by atoms with E-state index in [1.54, 1.807) is 6.92 Å². The normalized spacial score (nSPS) is 10.8. The predicted octanol–water partition coefficient (Wildman–Crippen LogP) is 4.54. The number of halogens is 2. The second-order valence-corrected chi connectivity index (χ2v) is 7.62. The molecular weight excluding hydrogens is 424 g/mol. The standard InChI is InChI=1S/C22H21F2N3O3S/c1-14-18(20(29)27-22(25-14)31-13-15-5-3-2-4-6-15)11-12-19(28)26-16-7-9-17(10-8-16)30-21(23)24/h2-10,21H,11-13H2,1H3,(H,26,28)(H,25,27,29). The number of carbonyl (C=O) groups is 1. The summed E-state index contributed by atoms with van der Waals surface area (Å²) in [6, 6.07) is 15.5. The van der Waals surface area contributed by atoms with Crippen molar-refractivity contribution in [1.82, 2.24) is 9.97 Å². The van der Waals surface area contributed by atoms with Gasteiger partial charge in [0.2, 0.25) is 5.91 Å². The van der Waals surface area contributed by atoms with Crippen molar-refractivity contribution in [1.29, 1.82) is 0 Å². The van der Waals surface area contributed by atoms with Crippen molar-refractivity contribution in [3.63, 3.8) is 0 Å². The maximum Gasteiger partial charge on any atom is 0.387 e. The van der Waals surface area contributed by atoms with Gasteiger partial charge in [0.1, 0.15) is 5.75 Å². The quantitative estimate of drug-likeness (QED) is 0.373. The largest absolute Gasteiger partial charge is 0.435 e. The molecule has 0 saturated heterocycles. The molecule has 0 radical (unpaired) electrons. The number of thioether (sulfide) groups is 1. The molecule has 0 bridgehead atoms. The van der Waals surface area contributed by atoms with E-state index in [1.807, 2.05) is 30.3 Å². The average Bonchev–Trinajstić information content (AvgIpc) is 2.73. The first-order valence-corrected chi connectivity index (χ1v) is 10.5. The van der Waals surface area contributed by atoms with E-state index in [0.29, 0.717) is 27.9 Å². The Labute approximate surface area is 182 Å². The lowest BCUT2D eigenvalue weighted by Crippen LogP contribution is -2.20. The number of H-pyrrole nitrogens is 1. The Hall–Kier alpha value is -3.20. The van der Waals surface area contributed by atoms with E-state index in [9.17, 15) is 18.4 Å². The minimum atomic E-state index is -2.90. The number of ether oxygens (including phenoxy) is 1. The molecule has 0 spiro atoms. The van der Waals surface area contributed by atoms with Crippen LogP contribution in [0.1, 0.15) is 23.2 Å². The summed E-state index contributed by atoms with van der Waals surface area (Å²) >= 11 is 1.44. The number of amides is 1. The zero-order valence-corrected chi connectivity index (χ0v) is 17.5. The molecule has 0 atom stereocenters. The second kappa shape index (κ2) is 10.7. The Bertz CT molecular complexity index is 1070. The van der Waals surface area contributed by atoms with Crippen LogP contribution in [0.4, 0.5) is 14.5 Å². The first-order valence-electron chi connectivity index (χ1n) is 9.52. The third kappa shape index (κ3) is 6.92. The Morgan fingerprint density at radius 3 is 2.52 bits per heavy atom. The lowest BCUT2D eigenvalue weighted by molar-refractivity contribution is -0.116. The highest BCUT2D eigenvalue weighted by atomic mass is 32.2. The maximum atomic E-state index is 12.5. The molecule has 0 saturated carbocycles. The van der Waals surface area contributed by atoms with Crippen LogP contribution >= 0.6 is 11.8 Å². The van der Waals surface area contributed by atoms with Crippen molar-refractivity contribution in [2.45, 2.75) is 37.3 Å². The summed E-state index contributed by atoms with van der Waals surface area (Å²) in [4.78, 5) is 31.9. The number of alkyl halides is 2. The summed E-state index contributed by atoms with van der Waals surface area (Å²) in [7, 11) is 0. The van der Waals surface area contributed by atoms with Crippen molar-refractivity contribution < 1.29 is 18.3 Å². The van der Waals surface area contributed by atoms with Gasteiger partial charge < -0.3 is 15.0 Å². The summed E-state index contributed by atoms with van der Waals surface area (Å²) in [5, 5.41) is 3.20. The van der Waals surface area contributed by atoms with Crippen LogP contribution in [0.25, 0.3) is 0 Å². The van der Waals surface area contributed by atoms with Crippen molar-refractivity contribution in [3.05, 3.63) is 81.8 Å². The first-order chi connectivity index (χ1) is 14.9. The summed E-state index contributed by atoms with van der Waals surface area (Å²) in [5.41, 5.74) is 2.36. The first kappa shape index (κ1) is 22.5. The molecule has 6 nitrogen and oxygen atoms in total. The molecule has 0 aliphatic heterocycles. The predicted molar refractivity (Wildman–Crippen MR) is 116 cm³/mol. The molecule has 3 aromatic rings. The Morgan fingerprint density at radius 2 is 1.87 bits per heavy atom. The van der Waals surface area contributed by atoms with E-state index in [-0.39, 0.29) is 30.1 Å². The van der Waals surface area contributed by atoms with E-state index < -0.39 is 6.61 Å². The zero-order valence-electron chi connectivity index (χ0n) is 16.7. The second-order valence-electron chi connectivity index (χ2n) is 6.66. The van der Waals surface area contributed by atoms with Crippen molar-refractivity contribution in [2.24, 2.45) is 0 Å². The highest BCUT2D eigenvalue weighted by Crippen LogP contribution is 2.20. The smallest absolute Gasteiger partial charge is 0.387 e. The van der Waals surface area contributed by atoms with Gasteiger partial charge in [-0.05, 0) is 43.2 Å². The molecule has 1 heterocycles. The SMILES string of the molecule is Cc1nc(SCc2ccccc2)[nH]c(=O)c1CCC(=O)Nc1ccc(OC(F)F)cc1. The molecule has 2 N–H and O–H groups in total. The molecule has 2 aromatic carbocycles. The third-order valence-corrected chi connectivity index (χ3v) is 5.33. The van der Waals surface area contributed by atoms with Gasteiger partial charge in [-0.25, -0.2) is 4.98 Å². The molecule has 1 aromatic heterocycles. The minimum Gasteiger partial charge on any atom is -0.435 e. The lowest BCUT2D eigenvalue weighted by atomic mass is 10.1. The number of aryl methyl sites for hydroxylation is 1. The Balaban J connectivity index is 1.54. The fraction of sp³-hybridized carbons (Fsp3) is 0.227. The van der Waals surface area contributed by atoms with Crippen molar-refractivity contribution >= 4 is 23.4 Å². The van der Waals surface area contributed by atoms with Crippen LogP contribution in [0, 0.1) is 6.92 Å². The number of anilines is 1. The zero-order chi connectivity index (χ0) is 22.2. The van der Waals surface area contributed by atoms with Gasteiger partial charge in [0.15, 0.2) is 5.16 Å². The number of hydrogen-bond donors (Lipinski definition) is 2. The Morgan fingerprint density at radius 1 is 1.16 bits per heavy atom. The van der Waals surface area contributed by atoms with E-state index >= 15 is 0 Å². The van der Waals surface area contributed by atoms with Crippen LogP contribution in [0.3, 0.4) is 0 Å². The average molecular weight is 445 g/mol. The van der Waals surface area contributed by atoms with Crippen LogP contribution in [0.15, 0.2) is 64.5 Å². The number of nitrogens with one attached hydrogen (secondary N) is 2. The fourth-order valence-electron chi connectivity index (χ4n) is 2.86. The van der Waals surface area contributed by atoms with E-state index in [0.717, 1.165) is 5.56 Å². The van der Waals surface area contributed by atoms with E-state index in [4.69, 9.17) is 0 Å². The number of carbonyl (C=O) groups excluding carboxylic acids is 1. The number of rotatable bonds is 9. The van der Waals surface area contributed by atoms with Gasteiger partial charge in [0, 0.05) is 29.1 Å². The summed E-state index contributed by atoms with van der Waals surface area (Å²) in [6.45, 7) is -1.16. The van der Waals surface area contributed by atoms with Gasteiger partial charge in [-0.15, -0.1) is 0 Å². The van der Waals surface area contributed by atoms with Gasteiger partial charge in [-0.3, -0.25) is 9.59 Å². The van der Waals surface area contributed by atoms with Gasteiger partial charge in [-0.2, -0.15) is 8.78 Å². The molecule has 31 heavy (non-hydrogen) atoms. The lowest BCUT2D eigenvalue weighted by Gasteiger charge is -2.09. The molecule has 0 aliphatic carbocycles. The number of nitrogens with zero attached hydrogens (tertiary/aromatic N) is 1. The third-order valence-electron chi connectivity index (χ3n) is 4.38. The molecule has 0 fully saturated rings. The summed E-state index contributed by atoms with van der Waals surface area (Å²) in [6.07, 6.45) is 0.313. The molecule has 0 unspecified atom stereocenters. The van der Waals surface area contributed by atoms with Gasteiger partial charge in [0.25, 0.3) is 5.56 Å². The maximum absolute atomic E-state index is 12.5. The molecule has 1 amide bonds. The summed E-state index contributed by atoms with van der Waals surface area (Å²) < 4.78 is 28.6. The topological polar surface area (TPSA) is 84.1 Å². The van der Waals surface area contributed by atoms with Crippen LogP contribution in [-0.2, 0) is 17.0 Å². The van der Waals surface area contributed by atoms with Crippen LogP contribution in [0.5, 0.6) is 5.75 Å². The monoisotopic (exact) mass is 445 g/mol. The van der Waals surface area contributed by atoms with Crippen LogP contribution < -0.4 is 15.6 Å². The number of benzene rings is 2. The van der Waals surface area contributed by atoms with Gasteiger partial charge in [0.05, 0.1) is 0 Å². The molecule has 9 heteroatoms. The van der Waals surface area contributed by atoms with Gasteiger partial charge >= 0.3 is 6.61 Å². The highest BCUT2D eigenvalue weighted by Gasteiger charge is 2.12. The number of aromatic amines is 1. The minimum absolute atomic E-state index is 0.00598. The molecule has 162 valence electrons. The molecule has 3 rings (SSSR count). The Kier molecular flexibility index (Phi) is 7.77. The summed E-state index contributed by atoms with van der Waals surface area (Å²) in [5.74, 6) is 0.391. The van der Waals surface area contributed by atoms with E-state index in [1.165, 1.54) is 36.0 Å². The number of aromatic nitrogens is 2. The number of hydrogen-bond acceptors (Lipinski definition) is 5. The molecule has 0 aliphatic rings. The van der Waals surface area contributed by atoms with Crippen molar-refractivity contribution in [3.8, 4) is 5.75 Å². The highest BCUT2D eigenvalue weighted by molar-refractivity contribution is 7.98. The van der Waals surface area contributed by atoms with Gasteiger partial charge in [-0.1, -0.05) is 42.1 Å². The fourth-order valence-corrected chi connectivity index (χ4v) is 3.72. The van der Waals surface area contributed by atoms with Crippen LogP contribution in [-0.4, -0.2) is 22.5 Å². The van der Waals surface area contributed by atoms with Crippen LogP contribution in [0.2, 0.25) is 0 Å². The van der Waals surface area contributed by atoms with E-state index in [2.05, 4.69) is 20.0 Å². The molecular formula is C22H21F2N3O3S.